The van der Waals surface area contributed by atoms with Gasteiger partial charge in [0.25, 0.3) is 11.1 Å². The maximum Gasteiger partial charge on any atom is 0.418 e. The van der Waals surface area contributed by atoms with E-state index in [-0.39, 0.29) is 5.69 Å². The van der Waals surface area contributed by atoms with Crippen LogP contribution in [0.25, 0.3) is 0 Å². The molecule has 1 unspecified atom stereocenters. The first-order valence-electron chi connectivity index (χ1n) is 7.31. The zero-order chi connectivity index (χ0) is 18.2. The number of carbonyl (C=O) groups excluding carboxylic acids is 2. The van der Waals surface area contributed by atoms with Gasteiger partial charge in [-0.25, -0.2) is 4.90 Å². The maximum absolute atomic E-state index is 13.1. The van der Waals surface area contributed by atoms with Crippen molar-refractivity contribution >= 4 is 34.3 Å². The zero-order valence-electron chi connectivity index (χ0n) is 13.0. The second-order valence-electron chi connectivity index (χ2n) is 5.46. The minimum absolute atomic E-state index is 0.236. The molecule has 1 saturated heterocycles. The fraction of sp³-hybridized carbons (Fsp3) is 0.176. The molecule has 1 N–H and O–H groups in total. The van der Waals surface area contributed by atoms with Gasteiger partial charge in [0.05, 0.1) is 11.3 Å². The summed E-state index contributed by atoms with van der Waals surface area (Å²) in [6, 6.07) is 11.6. The number of benzene rings is 2. The molecule has 130 valence electrons. The molecule has 0 spiro atoms. The van der Waals surface area contributed by atoms with Gasteiger partial charge < -0.3 is 5.32 Å². The quantitative estimate of drug-likeness (QED) is 0.859. The molecule has 1 atom stereocenters. The number of hydrogen-bond acceptors (Lipinski definition) is 4. The number of amides is 2. The lowest BCUT2D eigenvalue weighted by Gasteiger charge is -2.18. The number of anilines is 2. The molecular formula is C17H13F3N2O2S. The smallest absolute Gasteiger partial charge is 0.365 e. The molecule has 2 amide bonds. The molecule has 4 nitrogen and oxygen atoms in total. The van der Waals surface area contributed by atoms with E-state index in [1.54, 1.807) is 18.2 Å². The van der Waals surface area contributed by atoms with Crippen LogP contribution in [0, 0.1) is 6.92 Å². The summed E-state index contributed by atoms with van der Waals surface area (Å²) in [5, 5.41) is 0.897. The molecule has 1 heterocycles. The number of thioether (sulfide) groups is 1. The lowest BCUT2D eigenvalue weighted by molar-refractivity contribution is -0.137. The largest absolute Gasteiger partial charge is 0.418 e. The van der Waals surface area contributed by atoms with Gasteiger partial charge in [0.2, 0.25) is 0 Å². The van der Waals surface area contributed by atoms with Crippen molar-refractivity contribution in [3.8, 4) is 0 Å². The van der Waals surface area contributed by atoms with Gasteiger partial charge in [-0.1, -0.05) is 24.3 Å². The Kier molecular flexibility index (Phi) is 4.47. The molecule has 0 saturated carbocycles. The number of rotatable bonds is 3. The van der Waals surface area contributed by atoms with Crippen LogP contribution in [-0.2, 0) is 11.0 Å². The van der Waals surface area contributed by atoms with Crippen LogP contribution in [0.5, 0.6) is 0 Å². The minimum Gasteiger partial charge on any atom is -0.365 e. The summed E-state index contributed by atoms with van der Waals surface area (Å²) in [5.41, 5.74) is 0.141. The Labute approximate surface area is 146 Å². The Bertz CT molecular complexity index is 839. The van der Waals surface area contributed by atoms with Crippen LogP contribution in [0.3, 0.4) is 0 Å². The lowest BCUT2D eigenvalue weighted by Crippen LogP contribution is -2.34. The molecule has 3 rings (SSSR count). The van der Waals surface area contributed by atoms with Crippen LogP contribution in [0.15, 0.2) is 48.5 Å². The van der Waals surface area contributed by atoms with Gasteiger partial charge in [0.1, 0.15) is 0 Å². The van der Waals surface area contributed by atoms with Crippen molar-refractivity contribution in [1.82, 2.24) is 0 Å². The molecule has 8 heteroatoms. The van der Waals surface area contributed by atoms with Crippen LogP contribution < -0.4 is 10.2 Å². The van der Waals surface area contributed by atoms with E-state index in [0.29, 0.717) is 17.4 Å². The number of para-hydroxylation sites is 1. The molecule has 0 aliphatic carbocycles. The highest BCUT2D eigenvalue weighted by Gasteiger charge is 2.42. The first-order chi connectivity index (χ1) is 11.8. The Morgan fingerprint density at radius 2 is 1.80 bits per heavy atom. The van der Waals surface area contributed by atoms with Crippen molar-refractivity contribution < 1.29 is 22.8 Å². The minimum atomic E-state index is -4.56. The fourth-order valence-electron chi connectivity index (χ4n) is 2.50. The standard InChI is InChI=1S/C17H13F3N2O2S/c1-10-5-4-6-11(9-10)22-15(23)14(25-16(22)24)21-13-8-3-2-7-12(13)17(18,19)20/h2-9,14,21H,1H3. The Hall–Kier alpha value is -2.48. The normalized spacial score (nSPS) is 17.9. The SMILES string of the molecule is Cc1cccc(N2C(=O)SC(Nc3ccccc3C(F)(F)F)C2=O)c1. The van der Waals surface area contributed by atoms with E-state index < -0.39 is 28.3 Å². The van der Waals surface area contributed by atoms with E-state index in [4.69, 9.17) is 0 Å². The molecule has 2 aromatic carbocycles. The van der Waals surface area contributed by atoms with Crippen molar-refractivity contribution in [2.24, 2.45) is 0 Å². The molecular weight excluding hydrogens is 353 g/mol. The zero-order valence-corrected chi connectivity index (χ0v) is 13.8. The summed E-state index contributed by atoms with van der Waals surface area (Å²) in [5.74, 6) is -0.599. The molecule has 0 aromatic heterocycles. The van der Waals surface area contributed by atoms with Crippen molar-refractivity contribution in [3.63, 3.8) is 0 Å². The number of nitrogens with zero attached hydrogens (tertiary/aromatic N) is 1. The summed E-state index contributed by atoms with van der Waals surface area (Å²) in [6.07, 6.45) is -4.56. The van der Waals surface area contributed by atoms with Crippen LogP contribution >= 0.6 is 11.8 Å². The van der Waals surface area contributed by atoms with Gasteiger partial charge in [-0.05, 0) is 48.5 Å². The Morgan fingerprint density at radius 3 is 2.48 bits per heavy atom. The number of imide groups is 1. The van der Waals surface area contributed by atoms with Crippen LogP contribution in [0.1, 0.15) is 11.1 Å². The van der Waals surface area contributed by atoms with Crippen LogP contribution in [0.4, 0.5) is 29.3 Å². The van der Waals surface area contributed by atoms with Gasteiger partial charge in [-0.3, -0.25) is 9.59 Å². The van der Waals surface area contributed by atoms with E-state index in [0.717, 1.165) is 16.5 Å². The van der Waals surface area contributed by atoms with Crippen molar-refractivity contribution in [1.29, 1.82) is 0 Å². The van der Waals surface area contributed by atoms with E-state index in [1.165, 1.54) is 18.2 Å². The third kappa shape index (κ3) is 3.48. The maximum atomic E-state index is 13.1. The number of nitrogens with one attached hydrogen (secondary N) is 1. The Balaban J connectivity index is 1.87. The Morgan fingerprint density at radius 1 is 1.08 bits per heavy atom. The van der Waals surface area contributed by atoms with E-state index in [9.17, 15) is 22.8 Å². The van der Waals surface area contributed by atoms with Crippen molar-refractivity contribution in [3.05, 3.63) is 59.7 Å². The first-order valence-corrected chi connectivity index (χ1v) is 8.19. The van der Waals surface area contributed by atoms with Crippen LogP contribution in [-0.4, -0.2) is 16.5 Å². The third-order valence-corrected chi connectivity index (χ3v) is 4.56. The van der Waals surface area contributed by atoms with E-state index >= 15 is 0 Å². The highest BCUT2D eigenvalue weighted by atomic mass is 32.2. The molecule has 25 heavy (non-hydrogen) atoms. The second kappa shape index (κ2) is 6.44. The highest BCUT2D eigenvalue weighted by Crippen LogP contribution is 2.38. The number of carbonyl (C=O) groups is 2. The number of hydrogen-bond donors (Lipinski definition) is 1. The summed E-state index contributed by atoms with van der Waals surface area (Å²) in [6.45, 7) is 1.82. The first kappa shape index (κ1) is 17.3. The molecule has 2 aromatic rings. The third-order valence-electron chi connectivity index (χ3n) is 3.62. The lowest BCUT2D eigenvalue weighted by atomic mass is 10.1. The van der Waals surface area contributed by atoms with E-state index in [1.807, 2.05) is 13.0 Å². The molecule has 0 radical (unpaired) electrons. The molecule has 0 bridgehead atoms. The monoisotopic (exact) mass is 366 g/mol. The number of aryl methyl sites for hydroxylation is 1. The fourth-order valence-corrected chi connectivity index (χ4v) is 3.39. The van der Waals surface area contributed by atoms with Gasteiger partial charge in [-0.15, -0.1) is 0 Å². The molecule has 1 fully saturated rings. The predicted molar refractivity (Wildman–Crippen MR) is 90.5 cm³/mol. The topological polar surface area (TPSA) is 49.4 Å². The van der Waals surface area contributed by atoms with Crippen molar-refractivity contribution in [2.45, 2.75) is 18.5 Å². The number of halogens is 3. The van der Waals surface area contributed by atoms with Gasteiger partial charge in [0, 0.05) is 5.69 Å². The van der Waals surface area contributed by atoms with E-state index in [2.05, 4.69) is 5.32 Å². The molecule has 1 aliphatic heterocycles. The highest BCUT2D eigenvalue weighted by molar-refractivity contribution is 8.16. The summed E-state index contributed by atoms with van der Waals surface area (Å²) in [7, 11) is 0. The summed E-state index contributed by atoms with van der Waals surface area (Å²) < 4.78 is 39.2. The molecule has 1 aliphatic rings. The summed E-state index contributed by atoms with van der Waals surface area (Å²) in [4.78, 5) is 25.7. The second-order valence-corrected chi connectivity index (χ2v) is 6.52. The average Bonchev–Trinajstić information content (AvgIpc) is 2.81. The average molecular weight is 366 g/mol. The van der Waals surface area contributed by atoms with Gasteiger partial charge >= 0.3 is 6.18 Å². The predicted octanol–water partition coefficient (Wildman–Crippen LogP) is 4.65. The van der Waals surface area contributed by atoms with Gasteiger partial charge in [0.15, 0.2) is 5.37 Å². The summed E-state index contributed by atoms with van der Waals surface area (Å²) >= 11 is 0.656. The van der Waals surface area contributed by atoms with Gasteiger partial charge in [-0.2, -0.15) is 13.2 Å². The number of alkyl halides is 3. The van der Waals surface area contributed by atoms with Crippen LogP contribution in [0.2, 0.25) is 0 Å². The van der Waals surface area contributed by atoms with Crippen molar-refractivity contribution in [2.75, 3.05) is 10.2 Å².